The summed E-state index contributed by atoms with van der Waals surface area (Å²) in [6, 6.07) is 2.73. The van der Waals surface area contributed by atoms with E-state index in [1.165, 1.54) is 24.1 Å². The van der Waals surface area contributed by atoms with Gasteiger partial charge >= 0.3 is 12.1 Å². The van der Waals surface area contributed by atoms with E-state index in [0.717, 1.165) is 0 Å². The number of hydrogen-bond donors (Lipinski definition) is 1. The Morgan fingerprint density at radius 2 is 1.86 bits per heavy atom. The molecule has 0 fully saturated rings. The number of hydrogen-bond acceptors (Lipinski definition) is 3. The van der Waals surface area contributed by atoms with Gasteiger partial charge in [-0.15, -0.1) is 0 Å². The smallest absolute Gasteiger partial charge is 0.390 e. The lowest BCUT2D eigenvalue weighted by atomic mass is 9.90. The van der Waals surface area contributed by atoms with E-state index in [4.69, 9.17) is 5.11 Å². The summed E-state index contributed by atoms with van der Waals surface area (Å²) in [7, 11) is 1.46. The Hall–Kier alpha value is -1.79. The van der Waals surface area contributed by atoms with Gasteiger partial charge in [0.25, 0.3) is 0 Å². The summed E-state index contributed by atoms with van der Waals surface area (Å²) in [5.41, 5.74) is 0.144. The minimum Gasteiger partial charge on any atom is -0.478 e. The van der Waals surface area contributed by atoms with Crippen molar-refractivity contribution in [2.75, 3.05) is 18.5 Å². The minimum absolute atomic E-state index is 0.0174. The van der Waals surface area contributed by atoms with Gasteiger partial charge in [0.15, 0.2) is 0 Å². The van der Waals surface area contributed by atoms with E-state index >= 15 is 0 Å². The first kappa shape index (κ1) is 17.3. The van der Waals surface area contributed by atoms with Gasteiger partial charge < -0.3 is 10.0 Å². The largest absolute Gasteiger partial charge is 0.478 e. The molecule has 0 bridgehead atoms. The number of aromatic nitrogens is 1. The van der Waals surface area contributed by atoms with E-state index < -0.39 is 24.0 Å². The number of rotatable bonds is 4. The van der Waals surface area contributed by atoms with Crippen molar-refractivity contribution in [1.82, 2.24) is 4.98 Å². The summed E-state index contributed by atoms with van der Waals surface area (Å²) in [5.74, 6) is -0.905. The average Bonchev–Trinajstić information content (AvgIpc) is 2.33. The minimum atomic E-state index is -4.26. The van der Waals surface area contributed by atoms with Crippen molar-refractivity contribution in [3.63, 3.8) is 0 Å². The van der Waals surface area contributed by atoms with Gasteiger partial charge in [-0.2, -0.15) is 13.2 Å². The van der Waals surface area contributed by atoms with Crippen LogP contribution in [-0.2, 0) is 5.41 Å². The number of carboxylic acids is 1. The van der Waals surface area contributed by atoms with Crippen molar-refractivity contribution in [1.29, 1.82) is 0 Å². The molecule has 118 valence electrons. The SMILES string of the molecule is CN(CCC(F)(F)F)c1cc(C(=O)O)cc(C(C)(C)C)n1. The summed E-state index contributed by atoms with van der Waals surface area (Å²) in [4.78, 5) is 16.7. The molecule has 0 radical (unpaired) electrons. The van der Waals surface area contributed by atoms with Crippen LogP contribution in [0.4, 0.5) is 19.0 Å². The van der Waals surface area contributed by atoms with Gasteiger partial charge in [-0.25, -0.2) is 9.78 Å². The molecule has 0 aliphatic carbocycles. The topological polar surface area (TPSA) is 53.4 Å². The predicted octanol–water partition coefficient (Wildman–Crippen LogP) is 3.47. The van der Waals surface area contributed by atoms with Crippen molar-refractivity contribution in [3.8, 4) is 0 Å². The number of nitrogens with zero attached hydrogens (tertiary/aromatic N) is 2. The molecular formula is C14H19F3N2O2. The highest BCUT2D eigenvalue weighted by molar-refractivity contribution is 5.88. The van der Waals surface area contributed by atoms with Crippen molar-refractivity contribution in [3.05, 3.63) is 23.4 Å². The second-order valence-corrected chi connectivity index (χ2v) is 5.94. The molecule has 0 saturated heterocycles. The Labute approximate surface area is 121 Å². The van der Waals surface area contributed by atoms with Crippen molar-refractivity contribution in [2.24, 2.45) is 0 Å². The molecule has 0 atom stereocenters. The number of pyridine rings is 1. The third kappa shape index (κ3) is 5.24. The average molecular weight is 304 g/mol. The second-order valence-electron chi connectivity index (χ2n) is 5.94. The first-order chi connectivity index (χ1) is 9.40. The fourth-order valence-corrected chi connectivity index (χ4v) is 1.63. The Bertz CT molecular complexity index is 522. The Balaban J connectivity index is 3.11. The van der Waals surface area contributed by atoms with E-state index in [-0.39, 0.29) is 17.9 Å². The maximum atomic E-state index is 12.3. The summed E-state index contributed by atoms with van der Waals surface area (Å²) in [5, 5.41) is 9.11. The molecule has 1 aromatic rings. The van der Waals surface area contributed by atoms with Crippen LogP contribution in [0.15, 0.2) is 12.1 Å². The van der Waals surface area contributed by atoms with Crippen LogP contribution in [0.25, 0.3) is 0 Å². The first-order valence-electron chi connectivity index (χ1n) is 6.44. The van der Waals surface area contributed by atoms with E-state index in [1.807, 2.05) is 20.8 Å². The monoisotopic (exact) mass is 304 g/mol. The zero-order chi connectivity index (χ0) is 16.4. The van der Waals surface area contributed by atoms with Crippen LogP contribution in [0.5, 0.6) is 0 Å². The number of aromatic carboxylic acids is 1. The van der Waals surface area contributed by atoms with E-state index in [2.05, 4.69) is 4.98 Å². The van der Waals surface area contributed by atoms with Gasteiger partial charge in [-0.1, -0.05) is 20.8 Å². The Kier molecular flexibility index (Phi) is 4.86. The van der Waals surface area contributed by atoms with Gasteiger partial charge in [0.05, 0.1) is 12.0 Å². The first-order valence-corrected chi connectivity index (χ1v) is 6.44. The summed E-state index contributed by atoms with van der Waals surface area (Å²) >= 11 is 0. The van der Waals surface area contributed by atoms with Crippen molar-refractivity contribution >= 4 is 11.8 Å². The van der Waals surface area contributed by atoms with E-state index in [0.29, 0.717) is 5.69 Å². The van der Waals surface area contributed by atoms with Crippen molar-refractivity contribution in [2.45, 2.75) is 38.8 Å². The molecule has 0 spiro atoms. The van der Waals surface area contributed by atoms with Gasteiger partial charge in [0.2, 0.25) is 0 Å². The normalized spacial score (nSPS) is 12.3. The lowest BCUT2D eigenvalue weighted by molar-refractivity contribution is -0.132. The van der Waals surface area contributed by atoms with Crippen LogP contribution in [0.1, 0.15) is 43.2 Å². The molecule has 7 heteroatoms. The molecule has 0 aliphatic heterocycles. The number of carbonyl (C=O) groups is 1. The summed E-state index contributed by atoms with van der Waals surface area (Å²) in [6.45, 7) is 5.31. The molecule has 0 saturated carbocycles. The number of halogens is 3. The van der Waals surface area contributed by atoms with E-state index in [9.17, 15) is 18.0 Å². The third-order valence-corrected chi connectivity index (χ3v) is 2.95. The van der Waals surface area contributed by atoms with Crippen LogP contribution in [0, 0.1) is 0 Å². The Morgan fingerprint density at radius 3 is 2.29 bits per heavy atom. The lowest BCUT2D eigenvalue weighted by Crippen LogP contribution is -2.26. The fourth-order valence-electron chi connectivity index (χ4n) is 1.63. The molecule has 0 aliphatic rings. The van der Waals surface area contributed by atoms with Gasteiger partial charge in [0.1, 0.15) is 5.82 Å². The van der Waals surface area contributed by atoms with Crippen LogP contribution in [-0.4, -0.2) is 35.8 Å². The quantitative estimate of drug-likeness (QED) is 0.925. The molecular weight excluding hydrogens is 285 g/mol. The van der Waals surface area contributed by atoms with Crippen LogP contribution in [0.2, 0.25) is 0 Å². The molecule has 0 amide bonds. The van der Waals surface area contributed by atoms with Crippen LogP contribution >= 0.6 is 0 Å². The highest BCUT2D eigenvalue weighted by atomic mass is 19.4. The zero-order valence-corrected chi connectivity index (χ0v) is 12.5. The van der Waals surface area contributed by atoms with Crippen LogP contribution < -0.4 is 4.90 Å². The van der Waals surface area contributed by atoms with Gasteiger partial charge in [-0.3, -0.25) is 0 Å². The van der Waals surface area contributed by atoms with Gasteiger partial charge in [-0.05, 0) is 12.1 Å². The molecule has 1 heterocycles. The number of anilines is 1. The highest BCUT2D eigenvalue weighted by Gasteiger charge is 2.28. The van der Waals surface area contributed by atoms with Crippen molar-refractivity contribution < 1.29 is 23.1 Å². The molecule has 1 aromatic heterocycles. The highest BCUT2D eigenvalue weighted by Crippen LogP contribution is 2.26. The third-order valence-electron chi connectivity index (χ3n) is 2.95. The molecule has 1 N–H and O–H groups in total. The molecule has 0 unspecified atom stereocenters. The lowest BCUT2D eigenvalue weighted by Gasteiger charge is -2.24. The zero-order valence-electron chi connectivity index (χ0n) is 12.5. The summed E-state index contributed by atoms with van der Waals surface area (Å²) < 4.78 is 36.8. The standard InChI is InChI=1S/C14H19F3N2O2/c1-13(2,3)10-7-9(12(20)21)8-11(18-10)19(4)6-5-14(15,16)17/h7-8H,5-6H2,1-4H3,(H,20,21). The number of alkyl halides is 3. The van der Waals surface area contributed by atoms with Gasteiger partial charge in [0, 0.05) is 24.7 Å². The summed E-state index contributed by atoms with van der Waals surface area (Å²) in [6.07, 6.45) is -5.24. The molecule has 0 aromatic carbocycles. The second kappa shape index (κ2) is 5.91. The maximum absolute atomic E-state index is 12.3. The maximum Gasteiger partial charge on any atom is 0.390 e. The fraction of sp³-hybridized carbons (Fsp3) is 0.571. The predicted molar refractivity (Wildman–Crippen MR) is 73.8 cm³/mol. The number of carboxylic acid groups (broad SMARTS) is 1. The molecule has 1 rings (SSSR count). The molecule has 21 heavy (non-hydrogen) atoms. The van der Waals surface area contributed by atoms with E-state index in [1.54, 1.807) is 0 Å². The Morgan fingerprint density at radius 1 is 1.29 bits per heavy atom. The molecule has 4 nitrogen and oxygen atoms in total. The van der Waals surface area contributed by atoms with Crippen LogP contribution in [0.3, 0.4) is 0 Å².